The van der Waals surface area contributed by atoms with Crippen LogP contribution in [-0.4, -0.2) is 25.5 Å². The maximum Gasteiger partial charge on any atom is 0.262 e. The van der Waals surface area contributed by atoms with E-state index in [9.17, 15) is 9.59 Å². The molecule has 0 atom stereocenters. The smallest absolute Gasteiger partial charge is 0.262 e. The van der Waals surface area contributed by atoms with E-state index in [1.807, 2.05) is 43.3 Å². The normalized spacial score (nSPS) is 10.4. The van der Waals surface area contributed by atoms with Crippen molar-refractivity contribution in [2.45, 2.75) is 6.92 Å². The van der Waals surface area contributed by atoms with Gasteiger partial charge < -0.3 is 20.5 Å². The zero-order chi connectivity index (χ0) is 20.1. The van der Waals surface area contributed by atoms with E-state index < -0.39 is 11.8 Å². The Morgan fingerprint density at radius 3 is 2.32 bits per heavy atom. The van der Waals surface area contributed by atoms with Crippen molar-refractivity contribution in [3.63, 3.8) is 0 Å². The first-order valence-electron chi connectivity index (χ1n) is 8.55. The van der Waals surface area contributed by atoms with Gasteiger partial charge >= 0.3 is 0 Å². The third kappa shape index (κ3) is 4.15. The lowest BCUT2D eigenvalue weighted by molar-refractivity contribution is -0.118. The lowest BCUT2D eigenvalue weighted by Crippen LogP contribution is -2.22. The van der Waals surface area contributed by atoms with Crippen molar-refractivity contribution in [2.75, 3.05) is 19.0 Å². The SMILES string of the molecule is COc1ccccc1OCC(=O)Nc1sc(C)c(-c2ccccc2)c1C(N)=O. The highest BCUT2D eigenvalue weighted by atomic mass is 32.1. The summed E-state index contributed by atoms with van der Waals surface area (Å²) in [4.78, 5) is 25.4. The molecule has 0 radical (unpaired) electrons. The van der Waals surface area contributed by atoms with Gasteiger partial charge in [-0.05, 0) is 24.6 Å². The minimum Gasteiger partial charge on any atom is -0.493 e. The predicted octanol–water partition coefficient (Wildman–Crippen LogP) is 3.85. The number of anilines is 1. The Bertz CT molecular complexity index is 999. The third-order valence-corrected chi connectivity index (χ3v) is 5.09. The number of benzene rings is 2. The van der Waals surface area contributed by atoms with E-state index in [0.717, 1.165) is 16.0 Å². The van der Waals surface area contributed by atoms with Gasteiger partial charge in [0.05, 0.1) is 12.7 Å². The molecular weight excluding hydrogens is 376 g/mol. The summed E-state index contributed by atoms with van der Waals surface area (Å²) in [7, 11) is 1.53. The second-order valence-corrected chi connectivity index (χ2v) is 7.18. The van der Waals surface area contributed by atoms with Crippen molar-refractivity contribution >= 4 is 28.2 Å². The van der Waals surface area contributed by atoms with Gasteiger partial charge in [-0.15, -0.1) is 11.3 Å². The molecule has 2 amide bonds. The number of para-hydroxylation sites is 2. The van der Waals surface area contributed by atoms with Gasteiger partial charge in [-0.1, -0.05) is 42.5 Å². The second kappa shape index (κ2) is 8.58. The van der Waals surface area contributed by atoms with Gasteiger partial charge in [-0.2, -0.15) is 0 Å². The van der Waals surface area contributed by atoms with Crippen LogP contribution in [-0.2, 0) is 4.79 Å². The lowest BCUT2D eigenvalue weighted by Gasteiger charge is -2.10. The number of hydrogen-bond acceptors (Lipinski definition) is 5. The number of carbonyl (C=O) groups is 2. The van der Waals surface area contributed by atoms with Crippen LogP contribution >= 0.6 is 11.3 Å². The van der Waals surface area contributed by atoms with E-state index in [0.29, 0.717) is 22.1 Å². The summed E-state index contributed by atoms with van der Waals surface area (Å²) in [6, 6.07) is 16.5. The van der Waals surface area contributed by atoms with Crippen LogP contribution in [0.4, 0.5) is 5.00 Å². The number of aryl methyl sites for hydroxylation is 1. The van der Waals surface area contributed by atoms with E-state index in [1.165, 1.54) is 18.4 Å². The van der Waals surface area contributed by atoms with Crippen LogP contribution in [0.1, 0.15) is 15.2 Å². The van der Waals surface area contributed by atoms with Crippen LogP contribution in [0, 0.1) is 6.92 Å². The van der Waals surface area contributed by atoms with Crippen LogP contribution in [0.3, 0.4) is 0 Å². The van der Waals surface area contributed by atoms with Crippen molar-refractivity contribution in [3.05, 3.63) is 65.0 Å². The molecule has 0 aliphatic heterocycles. The molecule has 0 aliphatic rings. The fourth-order valence-corrected chi connectivity index (χ4v) is 3.96. The number of thiophene rings is 1. The average Bonchev–Trinajstić information content (AvgIpc) is 3.03. The first kappa shape index (κ1) is 19.4. The summed E-state index contributed by atoms with van der Waals surface area (Å²) in [5.41, 5.74) is 7.52. The molecule has 0 saturated heterocycles. The minimum absolute atomic E-state index is 0.226. The van der Waals surface area contributed by atoms with Crippen LogP contribution in [0.25, 0.3) is 11.1 Å². The fraction of sp³-hybridized carbons (Fsp3) is 0.143. The molecule has 3 aromatic rings. The van der Waals surface area contributed by atoms with Crippen molar-refractivity contribution in [1.82, 2.24) is 0 Å². The summed E-state index contributed by atoms with van der Waals surface area (Å²) in [5.74, 6) is 0.00693. The average molecular weight is 396 g/mol. The van der Waals surface area contributed by atoms with Crippen LogP contribution < -0.4 is 20.5 Å². The Kier molecular flexibility index (Phi) is 5.96. The predicted molar refractivity (Wildman–Crippen MR) is 110 cm³/mol. The molecule has 3 N–H and O–H groups in total. The number of primary amides is 1. The highest BCUT2D eigenvalue weighted by molar-refractivity contribution is 7.17. The minimum atomic E-state index is -0.593. The zero-order valence-corrected chi connectivity index (χ0v) is 16.3. The first-order chi connectivity index (χ1) is 13.5. The maximum atomic E-state index is 12.4. The summed E-state index contributed by atoms with van der Waals surface area (Å²) >= 11 is 1.31. The standard InChI is InChI=1S/C21H20N2O4S/c1-13-18(14-8-4-3-5-9-14)19(20(22)25)21(28-13)23-17(24)12-27-16-11-7-6-10-15(16)26-2/h3-11H,12H2,1-2H3,(H2,22,25)(H,23,24). The fourth-order valence-electron chi connectivity index (χ4n) is 2.86. The molecule has 0 saturated carbocycles. The van der Waals surface area contributed by atoms with Crippen molar-refractivity contribution in [1.29, 1.82) is 0 Å². The zero-order valence-electron chi connectivity index (χ0n) is 15.5. The number of ether oxygens (including phenoxy) is 2. The van der Waals surface area contributed by atoms with Gasteiger partial charge in [0, 0.05) is 10.4 Å². The number of amides is 2. The van der Waals surface area contributed by atoms with Gasteiger partial charge in [0.15, 0.2) is 18.1 Å². The van der Waals surface area contributed by atoms with Gasteiger partial charge in [0.2, 0.25) is 0 Å². The van der Waals surface area contributed by atoms with E-state index in [4.69, 9.17) is 15.2 Å². The molecule has 144 valence electrons. The molecule has 3 rings (SSSR count). The molecule has 0 aliphatic carbocycles. The topological polar surface area (TPSA) is 90.7 Å². The molecule has 0 bridgehead atoms. The van der Waals surface area contributed by atoms with Gasteiger partial charge in [0.25, 0.3) is 11.8 Å². The van der Waals surface area contributed by atoms with E-state index >= 15 is 0 Å². The molecule has 0 spiro atoms. The number of rotatable bonds is 7. The Morgan fingerprint density at radius 1 is 1.04 bits per heavy atom. The highest BCUT2D eigenvalue weighted by Gasteiger charge is 2.22. The molecule has 1 aromatic heterocycles. The van der Waals surface area contributed by atoms with Crippen molar-refractivity contribution < 1.29 is 19.1 Å². The van der Waals surface area contributed by atoms with Gasteiger partial charge in [-0.25, -0.2) is 0 Å². The number of methoxy groups -OCH3 is 1. The Balaban J connectivity index is 1.80. The lowest BCUT2D eigenvalue weighted by atomic mass is 10.0. The number of carbonyl (C=O) groups excluding carboxylic acids is 2. The van der Waals surface area contributed by atoms with Crippen molar-refractivity contribution in [2.24, 2.45) is 5.73 Å². The molecule has 0 unspecified atom stereocenters. The Labute approximate surface area is 166 Å². The number of nitrogens with one attached hydrogen (secondary N) is 1. The molecule has 28 heavy (non-hydrogen) atoms. The third-order valence-electron chi connectivity index (χ3n) is 4.07. The molecule has 1 heterocycles. The van der Waals surface area contributed by atoms with Crippen molar-refractivity contribution in [3.8, 4) is 22.6 Å². The number of hydrogen-bond donors (Lipinski definition) is 2. The molecule has 0 fully saturated rings. The Hall–Kier alpha value is -3.32. The number of nitrogens with two attached hydrogens (primary N) is 1. The summed E-state index contributed by atoms with van der Waals surface area (Å²) in [6.07, 6.45) is 0. The van der Waals surface area contributed by atoms with E-state index in [1.54, 1.807) is 18.2 Å². The molecule has 6 nitrogen and oxygen atoms in total. The summed E-state index contributed by atoms with van der Waals surface area (Å²) < 4.78 is 10.7. The second-order valence-electron chi connectivity index (χ2n) is 5.96. The molecular formula is C21H20N2O4S. The van der Waals surface area contributed by atoms with Crippen LogP contribution in [0.15, 0.2) is 54.6 Å². The Morgan fingerprint density at radius 2 is 1.68 bits per heavy atom. The first-order valence-corrected chi connectivity index (χ1v) is 9.37. The molecule has 2 aromatic carbocycles. The van der Waals surface area contributed by atoms with E-state index in [2.05, 4.69) is 5.32 Å². The largest absolute Gasteiger partial charge is 0.493 e. The van der Waals surface area contributed by atoms with E-state index in [-0.39, 0.29) is 6.61 Å². The monoisotopic (exact) mass is 396 g/mol. The van der Waals surface area contributed by atoms with Crippen LogP contribution in [0.2, 0.25) is 0 Å². The maximum absolute atomic E-state index is 12.4. The summed E-state index contributed by atoms with van der Waals surface area (Å²) in [5, 5.41) is 3.16. The quantitative estimate of drug-likeness (QED) is 0.635. The molecule has 7 heteroatoms. The van der Waals surface area contributed by atoms with Gasteiger partial charge in [0.1, 0.15) is 5.00 Å². The van der Waals surface area contributed by atoms with Gasteiger partial charge in [-0.3, -0.25) is 9.59 Å². The summed E-state index contributed by atoms with van der Waals surface area (Å²) in [6.45, 7) is 1.66. The highest BCUT2D eigenvalue weighted by Crippen LogP contribution is 2.39. The van der Waals surface area contributed by atoms with Crippen LogP contribution in [0.5, 0.6) is 11.5 Å².